The first-order valence-electron chi connectivity index (χ1n) is 9.97. The summed E-state index contributed by atoms with van der Waals surface area (Å²) < 4.78 is 5.76. The van der Waals surface area contributed by atoms with Crippen molar-refractivity contribution in [2.45, 2.75) is 19.8 Å². The van der Waals surface area contributed by atoms with Crippen LogP contribution in [0.3, 0.4) is 0 Å². The number of ether oxygens (including phenoxy) is 1. The van der Waals surface area contributed by atoms with E-state index >= 15 is 0 Å². The number of carboxylic acids is 1. The highest BCUT2D eigenvalue weighted by Crippen LogP contribution is 2.34. The first kappa shape index (κ1) is 21.3. The molecule has 0 atom stereocenters. The molecule has 0 aliphatic rings. The lowest BCUT2D eigenvalue weighted by Gasteiger charge is -2.09. The molecule has 158 valence electrons. The standard InChI is InChI=1S/C25H21Cl2NO3/c1-15-7-2-3-8-16(15)17-9-4-10-18-19(24(25(29)30)28-23(17)18)11-6-14-31-21-13-5-12-20(26)22(21)27/h2-5,7-10,12-13,28H,6,11,14H2,1H3,(H,29,30). The van der Waals surface area contributed by atoms with E-state index in [1.165, 1.54) is 0 Å². The van der Waals surface area contributed by atoms with Crippen LogP contribution in [0.5, 0.6) is 5.75 Å². The normalized spacial score (nSPS) is 11.1. The molecule has 1 aromatic heterocycles. The number of aromatic amines is 1. The van der Waals surface area contributed by atoms with E-state index in [1.54, 1.807) is 18.2 Å². The smallest absolute Gasteiger partial charge is 0.352 e. The summed E-state index contributed by atoms with van der Waals surface area (Å²) in [6.45, 7) is 2.44. The van der Waals surface area contributed by atoms with Crippen LogP contribution < -0.4 is 4.74 Å². The van der Waals surface area contributed by atoms with E-state index in [9.17, 15) is 9.90 Å². The summed E-state index contributed by atoms with van der Waals surface area (Å²) >= 11 is 12.2. The molecule has 0 unspecified atom stereocenters. The van der Waals surface area contributed by atoms with E-state index < -0.39 is 5.97 Å². The van der Waals surface area contributed by atoms with Gasteiger partial charge in [0.2, 0.25) is 0 Å². The Morgan fingerprint density at radius 3 is 2.52 bits per heavy atom. The first-order chi connectivity index (χ1) is 15.0. The van der Waals surface area contributed by atoms with Gasteiger partial charge < -0.3 is 14.8 Å². The molecule has 0 aliphatic heterocycles. The molecular weight excluding hydrogens is 433 g/mol. The molecule has 4 aromatic rings. The van der Waals surface area contributed by atoms with Crippen LogP contribution in [0.1, 0.15) is 28.0 Å². The Kier molecular flexibility index (Phi) is 6.21. The molecule has 0 aliphatic carbocycles. The summed E-state index contributed by atoms with van der Waals surface area (Å²) in [7, 11) is 0. The summed E-state index contributed by atoms with van der Waals surface area (Å²) in [5.74, 6) is -0.450. The van der Waals surface area contributed by atoms with Gasteiger partial charge in [0, 0.05) is 10.9 Å². The number of aromatic carboxylic acids is 1. The summed E-state index contributed by atoms with van der Waals surface area (Å²) in [6.07, 6.45) is 1.18. The quantitative estimate of drug-likeness (QED) is 0.291. The maximum Gasteiger partial charge on any atom is 0.352 e. The molecule has 0 radical (unpaired) electrons. The number of nitrogens with one attached hydrogen (secondary N) is 1. The monoisotopic (exact) mass is 453 g/mol. The maximum atomic E-state index is 11.9. The van der Waals surface area contributed by atoms with Crippen molar-refractivity contribution in [3.8, 4) is 16.9 Å². The third kappa shape index (κ3) is 4.27. The fourth-order valence-corrected chi connectivity index (χ4v) is 4.19. The van der Waals surface area contributed by atoms with Crippen LogP contribution in [0.25, 0.3) is 22.0 Å². The molecule has 2 N–H and O–H groups in total. The third-order valence-corrected chi connectivity index (χ3v) is 6.14. The Morgan fingerprint density at radius 2 is 1.74 bits per heavy atom. The third-order valence-electron chi connectivity index (χ3n) is 5.34. The highest BCUT2D eigenvalue weighted by molar-refractivity contribution is 6.42. The minimum Gasteiger partial charge on any atom is -0.492 e. The van der Waals surface area contributed by atoms with E-state index in [4.69, 9.17) is 27.9 Å². The number of para-hydroxylation sites is 1. The van der Waals surface area contributed by atoms with Crippen LogP contribution >= 0.6 is 23.2 Å². The lowest BCUT2D eigenvalue weighted by atomic mass is 9.97. The van der Waals surface area contributed by atoms with Crippen molar-refractivity contribution < 1.29 is 14.6 Å². The van der Waals surface area contributed by atoms with E-state index in [0.717, 1.165) is 33.2 Å². The van der Waals surface area contributed by atoms with Crippen molar-refractivity contribution >= 4 is 40.1 Å². The van der Waals surface area contributed by atoms with Gasteiger partial charge in [-0.15, -0.1) is 0 Å². The largest absolute Gasteiger partial charge is 0.492 e. The van der Waals surface area contributed by atoms with E-state index in [0.29, 0.717) is 35.2 Å². The second-order valence-corrected chi connectivity index (χ2v) is 8.12. The van der Waals surface area contributed by atoms with Crippen LogP contribution in [-0.2, 0) is 6.42 Å². The van der Waals surface area contributed by atoms with E-state index in [-0.39, 0.29) is 5.69 Å². The van der Waals surface area contributed by atoms with Gasteiger partial charge in [-0.1, -0.05) is 71.7 Å². The van der Waals surface area contributed by atoms with Crippen LogP contribution in [0.2, 0.25) is 10.0 Å². The van der Waals surface area contributed by atoms with Crippen molar-refractivity contribution in [2.75, 3.05) is 6.61 Å². The van der Waals surface area contributed by atoms with Gasteiger partial charge in [0.15, 0.2) is 0 Å². The number of aryl methyl sites for hydroxylation is 2. The van der Waals surface area contributed by atoms with Gasteiger partial charge >= 0.3 is 5.97 Å². The van der Waals surface area contributed by atoms with Gasteiger partial charge in [-0.2, -0.15) is 0 Å². The summed E-state index contributed by atoms with van der Waals surface area (Å²) in [6, 6.07) is 19.3. The molecule has 0 spiro atoms. The molecule has 0 saturated carbocycles. The van der Waals surface area contributed by atoms with Crippen molar-refractivity contribution in [3.63, 3.8) is 0 Å². The van der Waals surface area contributed by atoms with Gasteiger partial charge in [-0.3, -0.25) is 0 Å². The Labute approximate surface area is 190 Å². The van der Waals surface area contributed by atoms with Crippen molar-refractivity contribution in [3.05, 3.63) is 87.5 Å². The number of fused-ring (bicyclic) bond motifs is 1. The van der Waals surface area contributed by atoms with Crippen molar-refractivity contribution in [2.24, 2.45) is 0 Å². The molecule has 0 saturated heterocycles. The maximum absolute atomic E-state index is 11.9. The van der Waals surface area contributed by atoms with Gasteiger partial charge in [0.05, 0.1) is 17.1 Å². The number of aromatic nitrogens is 1. The molecule has 4 rings (SSSR count). The molecule has 3 aromatic carbocycles. The molecule has 0 amide bonds. The number of hydrogen-bond donors (Lipinski definition) is 2. The fraction of sp³-hybridized carbons (Fsp3) is 0.160. The van der Waals surface area contributed by atoms with Gasteiger partial charge in [-0.05, 0) is 48.6 Å². The summed E-state index contributed by atoms with van der Waals surface area (Å²) in [4.78, 5) is 15.1. The highest BCUT2D eigenvalue weighted by atomic mass is 35.5. The SMILES string of the molecule is Cc1ccccc1-c1cccc2c(CCCOc3cccc(Cl)c3Cl)c(C(=O)O)[nH]c12. The fourth-order valence-electron chi connectivity index (χ4n) is 3.84. The van der Waals surface area contributed by atoms with Crippen LogP contribution in [-0.4, -0.2) is 22.7 Å². The molecule has 4 nitrogen and oxygen atoms in total. The van der Waals surface area contributed by atoms with Gasteiger partial charge in [0.25, 0.3) is 0 Å². The first-order valence-corrected chi connectivity index (χ1v) is 10.7. The van der Waals surface area contributed by atoms with Crippen LogP contribution in [0.15, 0.2) is 60.7 Å². The molecule has 0 bridgehead atoms. The zero-order valence-electron chi connectivity index (χ0n) is 16.9. The Hall–Kier alpha value is -2.95. The lowest BCUT2D eigenvalue weighted by molar-refractivity contribution is 0.0690. The van der Waals surface area contributed by atoms with Crippen LogP contribution in [0.4, 0.5) is 0 Å². The molecule has 31 heavy (non-hydrogen) atoms. The number of halogens is 2. The topological polar surface area (TPSA) is 62.3 Å². The van der Waals surface area contributed by atoms with Crippen molar-refractivity contribution in [1.82, 2.24) is 4.98 Å². The highest BCUT2D eigenvalue weighted by Gasteiger charge is 2.19. The van der Waals surface area contributed by atoms with Gasteiger partial charge in [-0.25, -0.2) is 4.79 Å². The zero-order valence-corrected chi connectivity index (χ0v) is 18.4. The minimum absolute atomic E-state index is 0.219. The molecule has 1 heterocycles. The van der Waals surface area contributed by atoms with Crippen molar-refractivity contribution in [1.29, 1.82) is 0 Å². The Morgan fingerprint density at radius 1 is 1.00 bits per heavy atom. The zero-order chi connectivity index (χ0) is 22.0. The number of H-pyrrole nitrogens is 1. The van der Waals surface area contributed by atoms with E-state index in [2.05, 4.69) is 18.0 Å². The number of carboxylic acid groups (broad SMARTS) is 1. The average Bonchev–Trinajstić information content (AvgIpc) is 3.13. The molecule has 0 fully saturated rings. The predicted octanol–water partition coefficient (Wildman–Crippen LogP) is 7.16. The number of rotatable bonds is 7. The molecular formula is C25H21Cl2NO3. The summed E-state index contributed by atoms with van der Waals surface area (Å²) in [5, 5.41) is 11.5. The predicted molar refractivity (Wildman–Crippen MR) is 126 cm³/mol. The average molecular weight is 454 g/mol. The Bertz CT molecular complexity index is 1260. The molecule has 6 heteroatoms. The minimum atomic E-state index is -0.972. The second kappa shape index (κ2) is 9.04. The Balaban J connectivity index is 1.62. The van der Waals surface area contributed by atoms with E-state index in [1.807, 2.05) is 36.4 Å². The number of hydrogen-bond acceptors (Lipinski definition) is 2. The second-order valence-electron chi connectivity index (χ2n) is 7.33. The van der Waals surface area contributed by atoms with Crippen LogP contribution in [0, 0.1) is 6.92 Å². The number of benzene rings is 3. The van der Waals surface area contributed by atoms with Gasteiger partial charge in [0.1, 0.15) is 16.5 Å². The lowest BCUT2D eigenvalue weighted by Crippen LogP contribution is -2.04. The summed E-state index contributed by atoms with van der Waals surface area (Å²) in [5.41, 5.74) is 5.04. The number of carbonyl (C=O) groups is 1.